The fourth-order valence-corrected chi connectivity index (χ4v) is 2.28. The van der Waals surface area contributed by atoms with Crippen molar-refractivity contribution in [1.82, 2.24) is 5.16 Å². The Morgan fingerprint density at radius 1 is 1.29 bits per heavy atom. The number of carboxylic acids is 1. The lowest BCUT2D eigenvalue weighted by Gasteiger charge is -2.30. The largest absolute Gasteiger partial charge is 0.476 e. The lowest BCUT2D eigenvalue weighted by Crippen LogP contribution is -2.36. The quantitative estimate of drug-likeness (QED) is 0.932. The van der Waals surface area contributed by atoms with Gasteiger partial charge < -0.3 is 19.3 Å². The lowest BCUT2D eigenvalue weighted by molar-refractivity contribution is 0.0686. The van der Waals surface area contributed by atoms with E-state index < -0.39 is 5.97 Å². The predicted molar refractivity (Wildman–Crippen MR) is 71.9 cm³/mol. The Bertz CT molecular complexity index is 665. The van der Waals surface area contributed by atoms with Crippen molar-refractivity contribution in [2.24, 2.45) is 0 Å². The summed E-state index contributed by atoms with van der Waals surface area (Å²) in [6.45, 7) is 2.40. The molecule has 110 valence electrons. The summed E-state index contributed by atoms with van der Waals surface area (Å²) >= 11 is 0. The molecule has 0 aliphatic carbocycles. The maximum Gasteiger partial charge on any atom is 0.358 e. The molecule has 21 heavy (non-hydrogen) atoms. The van der Waals surface area contributed by atoms with Gasteiger partial charge in [0.05, 0.1) is 18.9 Å². The number of hydrogen-bond acceptors (Lipinski definition) is 5. The van der Waals surface area contributed by atoms with Crippen LogP contribution in [0, 0.1) is 5.82 Å². The molecule has 0 amide bonds. The van der Waals surface area contributed by atoms with Crippen LogP contribution in [0.1, 0.15) is 10.5 Å². The normalized spacial score (nSPS) is 15.2. The molecule has 1 fully saturated rings. The van der Waals surface area contributed by atoms with E-state index in [1.807, 2.05) is 4.90 Å². The van der Waals surface area contributed by atoms with Gasteiger partial charge in [-0.15, -0.1) is 0 Å². The van der Waals surface area contributed by atoms with Gasteiger partial charge in [-0.1, -0.05) is 5.16 Å². The Hall–Kier alpha value is -2.41. The van der Waals surface area contributed by atoms with Crippen LogP contribution in [0.5, 0.6) is 0 Å². The summed E-state index contributed by atoms with van der Waals surface area (Å²) in [5.74, 6) is -1.23. The van der Waals surface area contributed by atoms with Crippen LogP contribution in [0.3, 0.4) is 0 Å². The van der Waals surface area contributed by atoms with Crippen LogP contribution in [0.2, 0.25) is 0 Å². The first-order chi connectivity index (χ1) is 10.1. The maximum atomic E-state index is 13.6. The number of aromatic carboxylic acids is 1. The van der Waals surface area contributed by atoms with Crippen LogP contribution in [-0.4, -0.2) is 42.5 Å². The van der Waals surface area contributed by atoms with Crippen molar-refractivity contribution in [3.8, 4) is 11.3 Å². The van der Waals surface area contributed by atoms with Gasteiger partial charge in [0.15, 0.2) is 11.5 Å². The minimum absolute atomic E-state index is 0.178. The van der Waals surface area contributed by atoms with E-state index in [2.05, 4.69) is 5.16 Å². The van der Waals surface area contributed by atoms with Crippen molar-refractivity contribution in [1.29, 1.82) is 0 Å². The second kappa shape index (κ2) is 5.53. The van der Waals surface area contributed by atoms with Gasteiger partial charge in [-0.2, -0.15) is 0 Å². The van der Waals surface area contributed by atoms with Crippen LogP contribution < -0.4 is 4.90 Å². The van der Waals surface area contributed by atoms with Gasteiger partial charge in [0, 0.05) is 24.7 Å². The summed E-state index contributed by atoms with van der Waals surface area (Å²) in [6.07, 6.45) is 0. The molecule has 0 spiro atoms. The van der Waals surface area contributed by atoms with Crippen molar-refractivity contribution >= 4 is 11.7 Å². The molecule has 1 aromatic heterocycles. The molecule has 1 aromatic carbocycles. The van der Waals surface area contributed by atoms with E-state index >= 15 is 0 Å². The molecule has 0 radical (unpaired) electrons. The second-order valence-corrected chi connectivity index (χ2v) is 4.64. The van der Waals surface area contributed by atoms with Gasteiger partial charge in [-0.05, 0) is 18.2 Å². The second-order valence-electron chi connectivity index (χ2n) is 4.64. The highest BCUT2D eigenvalue weighted by Crippen LogP contribution is 2.32. The minimum Gasteiger partial charge on any atom is -0.476 e. The molecule has 3 rings (SSSR count). The number of nitrogens with zero attached hydrogens (tertiary/aromatic N) is 2. The number of hydrogen-bond donors (Lipinski definition) is 1. The van der Waals surface area contributed by atoms with Gasteiger partial charge in [0.2, 0.25) is 0 Å². The van der Waals surface area contributed by atoms with Crippen LogP contribution >= 0.6 is 0 Å². The third-order valence-corrected chi connectivity index (χ3v) is 3.31. The molecule has 0 atom stereocenters. The monoisotopic (exact) mass is 292 g/mol. The molecule has 0 unspecified atom stereocenters. The highest BCUT2D eigenvalue weighted by molar-refractivity contribution is 5.87. The van der Waals surface area contributed by atoms with Crippen molar-refractivity contribution in [3.05, 3.63) is 35.8 Å². The van der Waals surface area contributed by atoms with E-state index in [0.717, 1.165) is 0 Å². The number of halogens is 1. The zero-order chi connectivity index (χ0) is 14.8. The van der Waals surface area contributed by atoms with E-state index in [1.54, 1.807) is 6.07 Å². The molecular formula is C14H13FN2O4. The highest BCUT2D eigenvalue weighted by Gasteiger charge is 2.20. The summed E-state index contributed by atoms with van der Waals surface area (Å²) in [7, 11) is 0. The first-order valence-corrected chi connectivity index (χ1v) is 6.48. The third-order valence-electron chi connectivity index (χ3n) is 3.31. The molecule has 2 heterocycles. The molecule has 7 heteroatoms. The third kappa shape index (κ3) is 2.73. The zero-order valence-electron chi connectivity index (χ0n) is 11.1. The summed E-state index contributed by atoms with van der Waals surface area (Å²) in [4.78, 5) is 12.9. The predicted octanol–water partition coefficient (Wildman–Crippen LogP) is 2.02. The minimum atomic E-state index is -1.17. The Morgan fingerprint density at radius 3 is 2.71 bits per heavy atom. The van der Waals surface area contributed by atoms with Crippen LogP contribution in [-0.2, 0) is 4.74 Å². The van der Waals surface area contributed by atoms with Crippen molar-refractivity contribution in [2.75, 3.05) is 31.2 Å². The van der Waals surface area contributed by atoms with Crippen molar-refractivity contribution in [3.63, 3.8) is 0 Å². The van der Waals surface area contributed by atoms with E-state index in [1.165, 1.54) is 18.2 Å². The summed E-state index contributed by atoms with van der Waals surface area (Å²) in [5.41, 5.74) is 1.08. The van der Waals surface area contributed by atoms with E-state index in [9.17, 15) is 9.18 Å². The first kappa shape index (κ1) is 13.6. The number of rotatable bonds is 3. The number of aromatic nitrogens is 1. The summed E-state index contributed by atoms with van der Waals surface area (Å²) < 4.78 is 23.9. The number of benzene rings is 1. The van der Waals surface area contributed by atoms with E-state index in [4.69, 9.17) is 14.4 Å². The fourth-order valence-electron chi connectivity index (χ4n) is 2.28. The van der Waals surface area contributed by atoms with Gasteiger partial charge in [0.1, 0.15) is 5.82 Å². The molecule has 1 aliphatic heterocycles. The van der Waals surface area contributed by atoms with Gasteiger partial charge in [-0.25, -0.2) is 9.18 Å². The van der Waals surface area contributed by atoms with Crippen LogP contribution in [0.25, 0.3) is 11.3 Å². The molecule has 6 nitrogen and oxygen atoms in total. The topological polar surface area (TPSA) is 75.8 Å². The Balaban J connectivity index is 2.02. The first-order valence-electron chi connectivity index (χ1n) is 6.48. The maximum absolute atomic E-state index is 13.6. The van der Waals surface area contributed by atoms with Crippen LogP contribution in [0.4, 0.5) is 10.1 Å². The number of anilines is 1. The highest BCUT2D eigenvalue weighted by atomic mass is 19.1. The van der Waals surface area contributed by atoms with E-state index in [0.29, 0.717) is 43.3 Å². The standard InChI is InChI=1S/C14H13FN2O4/c15-9-1-2-10(13-8-11(14(18)19)16-21-13)12(7-9)17-3-5-20-6-4-17/h1-2,7-8H,3-6H2,(H,18,19). The molecule has 0 saturated carbocycles. The van der Waals surface area contributed by atoms with Gasteiger partial charge in [-0.3, -0.25) is 0 Å². The molecule has 1 saturated heterocycles. The molecule has 2 aromatic rings. The Labute approximate surface area is 119 Å². The molecule has 0 bridgehead atoms. The fraction of sp³-hybridized carbons (Fsp3) is 0.286. The summed E-state index contributed by atoms with van der Waals surface area (Å²) in [5, 5.41) is 12.4. The number of morpholine rings is 1. The number of carbonyl (C=O) groups is 1. The molecule has 1 N–H and O–H groups in total. The van der Waals surface area contributed by atoms with Crippen LogP contribution in [0.15, 0.2) is 28.8 Å². The average molecular weight is 292 g/mol. The van der Waals surface area contributed by atoms with Gasteiger partial charge in [0.25, 0.3) is 0 Å². The van der Waals surface area contributed by atoms with Crippen molar-refractivity contribution < 1.29 is 23.6 Å². The molecular weight excluding hydrogens is 279 g/mol. The lowest BCUT2D eigenvalue weighted by atomic mass is 10.1. The SMILES string of the molecule is O=C(O)c1cc(-c2ccc(F)cc2N2CCOCC2)on1. The van der Waals surface area contributed by atoms with Crippen molar-refractivity contribution in [2.45, 2.75) is 0 Å². The van der Waals surface area contributed by atoms with E-state index in [-0.39, 0.29) is 11.5 Å². The number of carboxylic acid groups (broad SMARTS) is 1. The average Bonchev–Trinajstić information content (AvgIpc) is 2.98. The Morgan fingerprint density at radius 2 is 2.05 bits per heavy atom. The smallest absolute Gasteiger partial charge is 0.358 e. The zero-order valence-corrected chi connectivity index (χ0v) is 11.1. The molecule has 1 aliphatic rings. The Kier molecular flexibility index (Phi) is 3.57. The van der Waals surface area contributed by atoms with Gasteiger partial charge >= 0.3 is 5.97 Å². The summed E-state index contributed by atoms with van der Waals surface area (Å²) in [6, 6.07) is 5.61. The number of ether oxygens (including phenoxy) is 1.